The molecule has 112 valence electrons. The van der Waals surface area contributed by atoms with Crippen LogP contribution in [0.4, 0.5) is 0 Å². The van der Waals surface area contributed by atoms with Crippen molar-refractivity contribution in [1.29, 1.82) is 0 Å². The molecule has 2 atom stereocenters. The van der Waals surface area contributed by atoms with Crippen LogP contribution in [0.3, 0.4) is 0 Å². The Hall–Kier alpha value is -1.35. The number of aryl methyl sites for hydroxylation is 2. The van der Waals surface area contributed by atoms with Crippen molar-refractivity contribution >= 4 is 10.9 Å². The zero-order chi connectivity index (χ0) is 14.6. The lowest BCUT2D eigenvalue weighted by Crippen LogP contribution is -2.43. The summed E-state index contributed by atoms with van der Waals surface area (Å²) in [5, 5.41) is 5.92. The van der Waals surface area contributed by atoms with Crippen LogP contribution in [0.5, 0.6) is 0 Å². The molecule has 0 spiro atoms. The van der Waals surface area contributed by atoms with Gasteiger partial charge in [-0.1, -0.05) is 18.9 Å². The monoisotopic (exact) mass is 283 g/mol. The zero-order valence-corrected chi connectivity index (χ0v) is 13.4. The number of hydrogen-bond acceptors (Lipinski definition) is 2. The maximum absolute atomic E-state index is 4.58. The largest absolute Gasteiger partial charge is 0.302 e. The van der Waals surface area contributed by atoms with E-state index < -0.39 is 0 Å². The van der Waals surface area contributed by atoms with Gasteiger partial charge in [0.1, 0.15) is 0 Å². The first-order chi connectivity index (χ1) is 10.1. The van der Waals surface area contributed by atoms with Crippen molar-refractivity contribution in [1.82, 2.24) is 14.7 Å². The molecule has 1 saturated heterocycles. The van der Waals surface area contributed by atoms with Gasteiger partial charge in [0.25, 0.3) is 0 Å². The second-order valence-electron chi connectivity index (χ2n) is 7.09. The van der Waals surface area contributed by atoms with Crippen LogP contribution >= 0.6 is 0 Å². The van der Waals surface area contributed by atoms with Crippen LogP contribution in [0.2, 0.25) is 0 Å². The number of aromatic nitrogens is 2. The van der Waals surface area contributed by atoms with Gasteiger partial charge in [-0.05, 0) is 57.5 Å². The maximum Gasteiger partial charge on any atom is 0.0682 e. The van der Waals surface area contributed by atoms with Crippen molar-refractivity contribution in [3.63, 3.8) is 0 Å². The van der Waals surface area contributed by atoms with E-state index >= 15 is 0 Å². The third-order valence-electron chi connectivity index (χ3n) is 6.04. The smallest absolute Gasteiger partial charge is 0.0682 e. The fraction of sp³-hybridized carbons (Fsp3) is 0.611. The van der Waals surface area contributed by atoms with E-state index in [1.54, 1.807) is 5.56 Å². The highest BCUT2D eigenvalue weighted by Crippen LogP contribution is 2.48. The Labute approximate surface area is 126 Å². The Morgan fingerprint density at radius 3 is 2.90 bits per heavy atom. The van der Waals surface area contributed by atoms with Crippen molar-refractivity contribution in [2.24, 2.45) is 7.05 Å². The molecule has 1 aromatic heterocycles. The molecule has 3 heteroatoms. The molecule has 21 heavy (non-hydrogen) atoms. The van der Waals surface area contributed by atoms with Crippen molar-refractivity contribution < 1.29 is 0 Å². The Kier molecular flexibility index (Phi) is 2.90. The van der Waals surface area contributed by atoms with Crippen LogP contribution in [0.15, 0.2) is 18.2 Å². The van der Waals surface area contributed by atoms with E-state index in [9.17, 15) is 0 Å². The normalized spacial score (nSPS) is 30.0. The van der Waals surface area contributed by atoms with Crippen LogP contribution in [0.25, 0.3) is 10.9 Å². The molecule has 0 amide bonds. The van der Waals surface area contributed by atoms with Crippen LogP contribution in [0.1, 0.15) is 43.4 Å². The summed E-state index contributed by atoms with van der Waals surface area (Å²) >= 11 is 0. The van der Waals surface area contributed by atoms with E-state index in [2.05, 4.69) is 42.2 Å². The second-order valence-corrected chi connectivity index (χ2v) is 7.09. The minimum Gasteiger partial charge on any atom is -0.302 e. The molecule has 4 rings (SSSR count). The minimum absolute atomic E-state index is 0.392. The van der Waals surface area contributed by atoms with Gasteiger partial charge in [0.05, 0.1) is 11.2 Å². The Morgan fingerprint density at radius 1 is 1.19 bits per heavy atom. The van der Waals surface area contributed by atoms with Crippen LogP contribution in [-0.2, 0) is 12.5 Å². The highest BCUT2D eigenvalue weighted by atomic mass is 15.3. The first kappa shape index (κ1) is 13.3. The first-order valence-electron chi connectivity index (χ1n) is 8.26. The summed E-state index contributed by atoms with van der Waals surface area (Å²) in [6.45, 7) is 3.37. The first-order valence-corrected chi connectivity index (χ1v) is 8.26. The zero-order valence-electron chi connectivity index (χ0n) is 13.4. The maximum atomic E-state index is 4.58. The molecule has 0 N–H and O–H groups in total. The minimum atomic E-state index is 0.392. The predicted molar refractivity (Wildman–Crippen MR) is 86.6 cm³/mol. The van der Waals surface area contributed by atoms with Gasteiger partial charge in [-0.25, -0.2) is 0 Å². The number of likely N-dealkylation sites (N-methyl/N-ethyl adjacent to an activating group) is 1. The molecule has 3 nitrogen and oxygen atoms in total. The average Bonchev–Trinajstić information content (AvgIpc) is 2.99. The quantitative estimate of drug-likeness (QED) is 0.800. The summed E-state index contributed by atoms with van der Waals surface area (Å²) in [6, 6.07) is 7.83. The molecule has 2 heterocycles. The molecule has 0 bridgehead atoms. The third-order valence-corrected chi connectivity index (χ3v) is 6.04. The topological polar surface area (TPSA) is 21.1 Å². The summed E-state index contributed by atoms with van der Waals surface area (Å²) in [7, 11) is 4.35. The molecule has 2 aromatic rings. The summed E-state index contributed by atoms with van der Waals surface area (Å²) < 4.78 is 2.01. The third kappa shape index (κ3) is 1.80. The summed E-state index contributed by atoms with van der Waals surface area (Å²) in [5.41, 5.74) is 4.36. The van der Waals surface area contributed by atoms with E-state index in [4.69, 9.17) is 0 Å². The number of fused-ring (bicyclic) bond motifs is 2. The van der Waals surface area contributed by atoms with Gasteiger partial charge < -0.3 is 4.90 Å². The summed E-state index contributed by atoms with van der Waals surface area (Å²) in [6.07, 6.45) is 6.81. The van der Waals surface area contributed by atoms with E-state index in [1.165, 1.54) is 49.6 Å². The molecule has 2 aliphatic rings. The standard InChI is InChI=1S/C18H25N3/c1-13-15-12-14(7-8-16(15)21(3)19-13)18-9-5-4-6-17(18)20(2)11-10-18/h7-8,12,17H,4-6,9-11H2,1-3H3/t17-,18-/m1/s1. The highest BCUT2D eigenvalue weighted by molar-refractivity contribution is 5.82. The summed E-state index contributed by atoms with van der Waals surface area (Å²) in [5.74, 6) is 0. The van der Waals surface area contributed by atoms with E-state index in [1.807, 2.05) is 11.7 Å². The van der Waals surface area contributed by atoms with Crippen molar-refractivity contribution in [2.45, 2.75) is 50.5 Å². The molecule has 1 saturated carbocycles. The molecule has 0 unspecified atom stereocenters. The number of rotatable bonds is 1. The lowest BCUT2D eigenvalue weighted by Gasteiger charge is -2.41. The SMILES string of the molecule is Cc1nn(C)c2ccc([C@]34CCCC[C@H]3N(C)CC4)cc12. The van der Waals surface area contributed by atoms with Gasteiger partial charge in [-0.2, -0.15) is 5.10 Å². The number of benzene rings is 1. The van der Waals surface area contributed by atoms with Crippen LogP contribution in [0, 0.1) is 6.92 Å². The van der Waals surface area contributed by atoms with Crippen molar-refractivity contribution in [3.8, 4) is 0 Å². The number of nitrogens with zero attached hydrogens (tertiary/aromatic N) is 3. The molecule has 0 radical (unpaired) electrons. The summed E-state index contributed by atoms with van der Waals surface area (Å²) in [4.78, 5) is 2.60. The molecule has 2 fully saturated rings. The van der Waals surface area contributed by atoms with Gasteiger partial charge in [0.15, 0.2) is 0 Å². The van der Waals surface area contributed by atoms with Crippen molar-refractivity contribution in [2.75, 3.05) is 13.6 Å². The molecule has 1 aliphatic carbocycles. The van der Waals surface area contributed by atoms with Gasteiger partial charge in [0, 0.05) is 23.9 Å². The average molecular weight is 283 g/mol. The van der Waals surface area contributed by atoms with E-state index in [0.29, 0.717) is 5.41 Å². The molecular formula is C18H25N3. The Balaban J connectivity index is 1.86. The predicted octanol–water partition coefficient (Wildman–Crippen LogP) is 3.40. The second kappa shape index (κ2) is 4.57. The number of hydrogen-bond donors (Lipinski definition) is 0. The van der Waals surface area contributed by atoms with E-state index in [0.717, 1.165) is 11.7 Å². The molecular weight excluding hydrogens is 258 g/mol. The van der Waals surface area contributed by atoms with Gasteiger partial charge >= 0.3 is 0 Å². The van der Waals surface area contributed by atoms with Crippen molar-refractivity contribution in [3.05, 3.63) is 29.5 Å². The van der Waals surface area contributed by atoms with Gasteiger partial charge in [0.2, 0.25) is 0 Å². The number of likely N-dealkylation sites (tertiary alicyclic amines) is 1. The Morgan fingerprint density at radius 2 is 2.05 bits per heavy atom. The lowest BCUT2D eigenvalue weighted by molar-refractivity contribution is 0.182. The lowest BCUT2D eigenvalue weighted by atomic mass is 9.66. The fourth-order valence-electron chi connectivity index (χ4n) is 4.92. The highest BCUT2D eigenvalue weighted by Gasteiger charge is 2.48. The van der Waals surface area contributed by atoms with E-state index in [-0.39, 0.29) is 0 Å². The fourth-order valence-corrected chi connectivity index (χ4v) is 4.92. The Bertz CT molecular complexity index is 683. The van der Waals surface area contributed by atoms with Gasteiger partial charge in [-0.15, -0.1) is 0 Å². The molecule has 1 aromatic carbocycles. The van der Waals surface area contributed by atoms with Crippen LogP contribution in [-0.4, -0.2) is 34.3 Å². The van der Waals surface area contributed by atoms with Crippen LogP contribution < -0.4 is 0 Å². The van der Waals surface area contributed by atoms with Gasteiger partial charge in [-0.3, -0.25) is 4.68 Å². The molecule has 1 aliphatic heterocycles.